The number of guanidine groups is 1. The lowest BCUT2D eigenvalue weighted by Gasteiger charge is -2.24. The van der Waals surface area contributed by atoms with Crippen LogP contribution in [0.5, 0.6) is 0 Å². The first kappa shape index (κ1) is 19.0. The van der Waals surface area contributed by atoms with Crippen molar-refractivity contribution >= 4 is 53.0 Å². The van der Waals surface area contributed by atoms with Crippen molar-refractivity contribution in [1.29, 1.82) is 0 Å². The fourth-order valence-electron chi connectivity index (χ4n) is 2.10. The molecular formula is C14H25IN4S2. The molecule has 1 unspecified atom stereocenters. The molecule has 21 heavy (non-hydrogen) atoms. The molecule has 7 heteroatoms. The van der Waals surface area contributed by atoms with Crippen LogP contribution >= 0.6 is 47.1 Å². The summed E-state index contributed by atoms with van der Waals surface area (Å²) in [6.07, 6.45) is 5.56. The lowest BCUT2D eigenvalue weighted by Crippen LogP contribution is -2.45. The minimum absolute atomic E-state index is 0. The molecular weight excluding hydrogens is 415 g/mol. The van der Waals surface area contributed by atoms with E-state index in [4.69, 9.17) is 0 Å². The smallest absolute Gasteiger partial charge is 0.191 e. The van der Waals surface area contributed by atoms with E-state index < -0.39 is 0 Å². The van der Waals surface area contributed by atoms with E-state index in [2.05, 4.69) is 34.5 Å². The first-order chi connectivity index (χ1) is 9.81. The number of thioether (sulfide) groups is 1. The van der Waals surface area contributed by atoms with E-state index in [0.717, 1.165) is 23.9 Å². The van der Waals surface area contributed by atoms with Gasteiger partial charge in [0.1, 0.15) is 5.01 Å². The average Bonchev–Trinajstić information content (AvgIpc) is 2.94. The van der Waals surface area contributed by atoms with Gasteiger partial charge >= 0.3 is 0 Å². The molecule has 2 N–H and O–H groups in total. The summed E-state index contributed by atoms with van der Waals surface area (Å²) < 4.78 is 0. The first-order valence-electron chi connectivity index (χ1n) is 7.38. The van der Waals surface area contributed by atoms with Crippen LogP contribution in [0, 0.1) is 0 Å². The Bertz CT molecular complexity index is 430. The quantitative estimate of drug-likeness (QED) is 0.419. The third-order valence-electron chi connectivity index (χ3n) is 3.17. The summed E-state index contributed by atoms with van der Waals surface area (Å²) in [7, 11) is 0. The number of halogens is 1. The molecule has 2 heterocycles. The third-order valence-corrected chi connectivity index (χ3v) is 5.51. The highest BCUT2D eigenvalue weighted by atomic mass is 127. The van der Waals surface area contributed by atoms with Crippen molar-refractivity contribution in [2.75, 3.05) is 18.1 Å². The highest BCUT2D eigenvalue weighted by Crippen LogP contribution is 2.17. The van der Waals surface area contributed by atoms with E-state index in [9.17, 15) is 0 Å². The molecule has 1 fully saturated rings. The maximum atomic E-state index is 4.66. The Balaban J connectivity index is 0.00000220. The van der Waals surface area contributed by atoms with Crippen LogP contribution in [0.2, 0.25) is 0 Å². The van der Waals surface area contributed by atoms with Crippen molar-refractivity contribution in [3.63, 3.8) is 0 Å². The molecule has 1 aliphatic rings. The van der Waals surface area contributed by atoms with Crippen molar-refractivity contribution in [1.82, 2.24) is 15.6 Å². The number of thiazole rings is 1. The van der Waals surface area contributed by atoms with Crippen LogP contribution in [-0.4, -0.2) is 35.0 Å². The van der Waals surface area contributed by atoms with Gasteiger partial charge in [-0.25, -0.2) is 9.98 Å². The summed E-state index contributed by atoms with van der Waals surface area (Å²) in [6.45, 7) is 5.82. The molecule has 0 aliphatic carbocycles. The number of hydrogen-bond acceptors (Lipinski definition) is 4. The zero-order chi connectivity index (χ0) is 14.2. The summed E-state index contributed by atoms with van der Waals surface area (Å²) in [5.41, 5.74) is 0. The number of aromatic nitrogens is 1. The van der Waals surface area contributed by atoms with E-state index in [0.29, 0.717) is 12.6 Å². The van der Waals surface area contributed by atoms with Crippen molar-refractivity contribution in [2.45, 2.75) is 45.7 Å². The SMILES string of the molecule is CCNC(=NCc1ncc(CC)s1)NC1CCCSC1.I. The number of aliphatic imine (C=N–C) groups is 1. The van der Waals surface area contributed by atoms with Crippen LogP contribution < -0.4 is 10.6 Å². The molecule has 1 aromatic heterocycles. The largest absolute Gasteiger partial charge is 0.357 e. The number of hydrogen-bond donors (Lipinski definition) is 2. The van der Waals surface area contributed by atoms with Crippen molar-refractivity contribution in [3.8, 4) is 0 Å². The van der Waals surface area contributed by atoms with E-state index >= 15 is 0 Å². The lowest BCUT2D eigenvalue weighted by atomic mass is 10.2. The van der Waals surface area contributed by atoms with Gasteiger partial charge in [-0.05, 0) is 31.9 Å². The van der Waals surface area contributed by atoms with Gasteiger partial charge in [-0.2, -0.15) is 11.8 Å². The van der Waals surface area contributed by atoms with Crippen molar-refractivity contribution < 1.29 is 0 Å². The lowest BCUT2D eigenvalue weighted by molar-refractivity contribution is 0.582. The minimum atomic E-state index is 0. The van der Waals surface area contributed by atoms with Gasteiger partial charge in [0.15, 0.2) is 5.96 Å². The van der Waals surface area contributed by atoms with Crippen molar-refractivity contribution in [2.24, 2.45) is 4.99 Å². The third kappa shape index (κ3) is 6.73. The molecule has 0 amide bonds. The van der Waals surface area contributed by atoms with E-state index in [1.165, 1.54) is 29.2 Å². The van der Waals surface area contributed by atoms with E-state index in [-0.39, 0.29) is 24.0 Å². The Kier molecular flexibility index (Phi) is 9.66. The highest BCUT2D eigenvalue weighted by molar-refractivity contribution is 14.0. The Morgan fingerprint density at radius 2 is 2.33 bits per heavy atom. The molecule has 120 valence electrons. The Morgan fingerprint density at radius 1 is 1.48 bits per heavy atom. The number of nitrogens with zero attached hydrogens (tertiary/aromatic N) is 2. The van der Waals surface area contributed by atoms with Gasteiger partial charge in [0.2, 0.25) is 0 Å². The topological polar surface area (TPSA) is 49.3 Å². The summed E-state index contributed by atoms with van der Waals surface area (Å²) in [6, 6.07) is 0.550. The van der Waals surface area contributed by atoms with Crippen LogP contribution in [0.3, 0.4) is 0 Å². The molecule has 1 aliphatic heterocycles. The molecule has 0 saturated carbocycles. The van der Waals surface area contributed by atoms with Gasteiger partial charge in [0.25, 0.3) is 0 Å². The summed E-state index contributed by atoms with van der Waals surface area (Å²) >= 11 is 3.79. The molecule has 2 rings (SSSR count). The summed E-state index contributed by atoms with van der Waals surface area (Å²) in [5, 5.41) is 7.96. The molecule has 0 aromatic carbocycles. The standard InChI is InChI=1S/C14H24N4S2.HI/c1-3-12-8-16-13(20-12)9-17-14(15-4-2)18-11-6-5-7-19-10-11;/h8,11H,3-7,9-10H2,1-2H3,(H2,15,17,18);1H. The van der Waals surface area contributed by atoms with Gasteiger partial charge in [-0.1, -0.05) is 6.92 Å². The van der Waals surface area contributed by atoms with Gasteiger partial charge in [0, 0.05) is 29.4 Å². The monoisotopic (exact) mass is 440 g/mol. The Hall–Kier alpha value is -0.0200. The van der Waals surface area contributed by atoms with Crippen LogP contribution in [0.4, 0.5) is 0 Å². The fraction of sp³-hybridized carbons (Fsp3) is 0.714. The number of rotatable bonds is 5. The van der Waals surface area contributed by atoms with Gasteiger partial charge in [0.05, 0.1) is 6.54 Å². The normalized spacial score (nSPS) is 19.0. The fourth-order valence-corrected chi connectivity index (χ4v) is 3.96. The van der Waals surface area contributed by atoms with Crippen molar-refractivity contribution in [3.05, 3.63) is 16.1 Å². The predicted octanol–water partition coefficient (Wildman–Crippen LogP) is 3.27. The van der Waals surface area contributed by atoms with Gasteiger partial charge in [-0.3, -0.25) is 0 Å². The highest BCUT2D eigenvalue weighted by Gasteiger charge is 2.14. The maximum Gasteiger partial charge on any atom is 0.191 e. The van der Waals surface area contributed by atoms with E-state index in [1.54, 1.807) is 11.3 Å². The zero-order valence-corrected chi connectivity index (χ0v) is 16.7. The number of aryl methyl sites for hydroxylation is 1. The van der Waals surface area contributed by atoms with Crippen LogP contribution in [0.1, 0.15) is 36.6 Å². The Labute approximate surface area is 153 Å². The van der Waals surface area contributed by atoms with Gasteiger partial charge < -0.3 is 10.6 Å². The second-order valence-corrected chi connectivity index (χ2v) is 7.18. The number of nitrogens with one attached hydrogen (secondary N) is 2. The van der Waals surface area contributed by atoms with Crippen LogP contribution in [0.15, 0.2) is 11.2 Å². The first-order valence-corrected chi connectivity index (χ1v) is 9.35. The maximum absolute atomic E-state index is 4.66. The second-order valence-electron chi connectivity index (χ2n) is 4.83. The second kappa shape index (κ2) is 10.7. The Morgan fingerprint density at radius 3 is 2.95 bits per heavy atom. The summed E-state index contributed by atoms with van der Waals surface area (Å²) in [4.78, 5) is 10.4. The summed E-state index contributed by atoms with van der Waals surface area (Å²) in [5.74, 6) is 3.40. The van der Waals surface area contributed by atoms with Gasteiger partial charge in [-0.15, -0.1) is 35.3 Å². The molecule has 0 radical (unpaired) electrons. The zero-order valence-electron chi connectivity index (χ0n) is 12.7. The molecule has 1 saturated heterocycles. The van der Waals surface area contributed by atoms with Crippen LogP contribution in [-0.2, 0) is 13.0 Å². The molecule has 0 spiro atoms. The predicted molar refractivity (Wildman–Crippen MR) is 105 cm³/mol. The average molecular weight is 440 g/mol. The minimum Gasteiger partial charge on any atom is -0.357 e. The van der Waals surface area contributed by atoms with Crippen LogP contribution in [0.25, 0.3) is 0 Å². The molecule has 0 bridgehead atoms. The molecule has 1 aromatic rings. The molecule has 4 nitrogen and oxygen atoms in total. The van der Waals surface area contributed by atoms with E-state index in [1.807, 2.05) is 18.0 Å². The molecule has 1 atom stereocenters.